The fourth-order valence-electron chi connectivity index (χ4n) is 0.750. The van der Waals surface area contributed by atoms with Gasteiger partial charge in [0.05, 0.1) is 13.3 Å². The highest BCUT2D eigenvalue weighted by atomic mass is 31.2. The Labute approximate surface area is 71.5 Å². The molecule has 0 heterocycles. The third-order valence-electron chi connectivity index (χ3n) is 1.28. The lowest BCUT2D eigenvalue weighted by molar-refractivity contribution is 0.258. The molecule has 1 unspecified atom stereocenters. The average molecular weight is 185 g/mol. The van der Waals surface area contributed by atoms with Crippen LogP contribution in [0, 0.1) is 6.66 Å². The molecule has 1 rings (SSSR count). The molecule has 0 aliphatic carbocycles. The van der Waals surface area contributed by atoms with Crippen LogP contribution in [0.1, 0.15) is 5.56 Å². The van der Waals surface area contributed by atoms with Gasteiger partial charge in [-0.05, 0) is 5.56 Å². The van der Waals surface area contributed by atoms with Gasteiger partial charge in [0, 0.05) is 0 Å². The van der Waals surface area contributed by atoms with Crippen molar-refractivity contribution in [2.24, 2.45) is 0 Å². The third-order valence-corrected chi connectivity index (χ3v) is 1.81. The fraction of sp³-hybridized carbons (Fsp3) is 0.125. The summed E-state index contributed by atoms with van der Waals surface area (Å²) in [7, 11) is -3.58. The predicted molar refractivity (Wildman–Crippen MR) is 46.4 cm³/mol. The summed E-state index contributed by atoms with van der Waals surface area (Å²) in [6, 6.07) is 9.17. The molecule has 12 heavy (non-hydrogen) atoms. The van der Waals surface area contributed by atoms with Crippen molar-refractivity contribution in [3.05, 3.63) is 42.6 Å². The SMILES string of the molecule is [CH2]P(=O)(O)OCc1ccccc1. The molecule has 0 saturated heterocycles. The Balaban J connectivity index is 2.50. The van der Waals surface area contributed by atoms with Gasteiger partial charge in [-0.2, -0.15) is 0 Å². The summed E-state index contributed by atoms with van der Waals surface area (Å²) in [6.45, 7) is 3.10. The molecule has 0 amide bonds. The molecule has 1 radical (unpaired) electrons. The van der Waals surface area contributed by atoms with E-state index >= 15 is 0 Å². The average Bonchev–Trinajstić information content (AvgIpc) is 2.02. The Bertz CT molecular complexity index is 278. The van der Waals surface area contributed by atoms with Crippen LogP contribution in [-0.4, -0.2) is 4.89 Å². The first kappa shape index (κ1) is 9.46. The van der Waals surface area contributed by atoms with Crippen LogP contribution in [0.25, 0.3) is 0 Å². The maximum Gasteiger partial charge on any atom is 0.329 e. The molecule has 1 aromatic rings. The maximum absolute atomic E-state index is 10.6. The second-order valence-electron chi connectivity index (χ2n) is 2.40. The van der Waals surface area contributed by atoms with E-state index in [1.54, 1.807) is 0 Å². The summed E-state index contributed by atoms with van der Waals surface area (Å²) >= 11 is 0. The quantitative estimate of drug-likeness (QED) is 0.734. The van der Waals surface area contributed by atoms with E-state index in [0.717, 1.165) is 5.56 Å². The van der Waals surface area contributed by atoms with E-state index in [4.69, 9.17) is 4.89 Å². The van der Waals surface area contributed by atoms with Crippen molar-refractivity contribution in [2.45, 2.75) is 6.61 Å². The number of hydrogen-bond donors (Lipinski definition) is 1. The Morgan fingerprint density at radius 2 is 2.00 bits per heavy atom. The summed E-state index contributed by atoms with van der Waals surface area (Å²) in [4.78, 5) is 8.70. The van der Waals surface area contributed by atoms with Gasteiger partial charge >= 0.3 is 7.60 Å². The van der Waals surface area contributed by atoms with Crippen molar-refractivity contribution >= 4 is 7.60 Å². The fourth-order valence-corrected chi connectivity index (χ4v) is 1.10. The van der Waals surface area contributed by atoms with E-state index in [2.05, 4.69) is 11.2 Å². The molecule has 1 atom stereocenters. The molecule has 0 spiro atoms. The molecule has 0 fully saturated rings. The van der Waals surface area contributed by atoms with Gasteiger partial charge in [-0.25, -0.2) is 0 Å². The van der Waals surface area contributed by atoms with Crippen molar-refractivity contribution in [2.75, 3.05) is 0 Å². The first-order valence-corrected chi connectivity index (χ1v) is 5.20. The standard InChI is InChI=1S/C8H10O3P/c1-12(9,10)11-7-8-5-3-2-4-6-8/h2-6H,1,7H2,(H,9,10). The van der Waals surface area contributed by atoms with Crippen LogP contribution in [0.5, 0.6) is 0 Å². The van der Waals surface area contributed by atoms with Crippen LogP contribution in [0.15, 0.2) is 30.3 Å². The van der Waals surface area contributed by atoms with Gasteiger partial charge < -0.3 is 9.42 Å². The second-order valence-corrected chi connectivity index (χ2v) is 3.93. The van der Waals surface area contributed by atoms with E-state index in [1.807, 2.05) is 30.3 Å². The number of hydrogen-bond acceptors (Lipinski definition) is 2. The lowest BCUT2D eigenvalue weighted by Gasteiger charge is -2.05. The highest BCUT2D eigenvalue weighted by molar-refractivity contribution is 7.54. The zero-order valence-corrected chi connectivity index (χ0v) is 7.41. The topological polar surface area (TPSA) is 46.5 Å². The van der Waals surface area contributed by atoms with E-state index in [1.165, 1.54) is 0 Å². The normalized spacial score (nSPS) is 15.5. The molecule has 0 aliphatic heterocycles. The van der Waals surface area contributed by atoms with E-state index in [-0.39, 0.29) is 6.61 Å². The van der Waals surface area contributed by atoms with Crippen molar-refractivity contribution in [1.82, 2.24) is 0 Å². The van der Waals surface area contributed by atoms with Crippen molar-refractivity contribution in [3.63, 3.8) is 0 Å². The number of rotatable bonds is 3. The molecular formula is C8H10O3P. The smallest absolute Gasteiger partial charge is 0.324 e. The Hall–Kier alpha value is -0.630. The van der Waals surface area contributed by atoms with E-state index in [9.17, 15) is 4.57 Å². The first-order valence-electron chi connectivity index (χ1n) is 3.43. The van der Waals surface area contributed by atoms with Crippen LogP contribution in [0.2, 0.25) is 0 Å². The number of benzene rings is 1. The van der Waals surface area contributed by atoms with Crippen LogP contribution in [0.3, 0.4) is 0 Å². The van der Waals surface area contributed by atoms with Crippen LogP contribution < -0.4 is 0 Å². The lowest BCUT2D eigenvalue weighted by Crippen LogP contribution is -1.87. The molecule has 4 heteroatoms. The van der Waals surface area contributed by atoms with Crippen LogP contribution in [0.4, 0.5) is 0 Å². The van der Waals surface area contributed by atoms with E-state index in [0.29, 0.717) is 0 Å². The van der Waals surface area contributed by atoms with Crippen LogP contribution >= 0.6 is 7.60 Å². The largest absolute Gasteiger partial charge is 0.329 e. The first-order chi connectivity index (χ1) is 5.58. The molecule has 0 bridgehead atoms. The van der Waals surface area contributed by atoms with Crippen LogP contribution in [-0.2, 0) is 15.7 Å². The van der Waals surface area contributed by atoms with Gasteiger partial charge in [0.1, 0.15) is 0 Å². The van der Waals surface area contributed by atoms with Crippen molar-refractivity contribution in [3.8, 4) is 0 Å². The molecule has 0 aliphatic rings. The Morgan fingerprint density at radius 1 is 1.42 bits per heavy atom. The summed E-state index contributed by atoms with van der Waals surface area (Å²) in [5.41, 5.74) is 0.857. The maximum atomic E-state index is 10.6. The zero-order valence-electron chi connectivity index (χ0n) is 6.51. The minimum atomic E-state index is -3.58. The van der Waals surface area contributed by atoms with E-state index < -0.39 is 7.60 Å². The third kappa shape index (κ3) is 3.67. The summed E-state index contributed by atoms with van der Waals surface area (Å²) in [5, 5.41) is 0. The minimum absolute atomic E-state index is 0.123. The molecular weight excluding hydrogens is 175 g/mol. The predicted octanol–water partition coefficient (Wildman–Crippen LogP) is 2.18. The van der Waals surface area contributed by atoms with Gasteiger partial charge in [0.15, 0.2) is 0 Å². The minimum Gasteiger partial charge on any atom is -0.324 e. The Kier molecular flexibility index (Phi) is 3.04. The Morgan fingerprint density at radius 3 is 2.50 bits per heavy atom. The summed E-state index contributed by atoms with van der Waals surface area (Å²) < 4.78 is 15.2. The second kappa shape index (κ2) is 3.85. The molecule has 0 aromatic heterocycles. The molecule has 3 nitrogen and oxygen atoms in total. The highest BCUT2D eigenvalue weighted by Gasteiger charge is 2.09. The highest BCUT2D eigenvalue weighted by Crippen LogP contribution is 2.40. The zero-order chi connectivity index (χ0) is 9.03. The monoisotopic (exact) mass is 185 g/mol. The van der Waals surface area contributed by atoms with Gasteiger partial charge in [-0.1, -0.05) is 30.3 Å². The lowest BCUT2D eigenvalue weighted by atomic mass is 10.2. The van der Waals surface area contributed by atoms with Crippen molar-refractivity contribution < 1.29 is 14.0 Å². The summed E-state index contributed by atoms with van der Waals surface area (Å²) in [5.74, 6) is 0. The molecule has 0 saturated carbocycles. The molecule has 1 N–H and O–H groups in total. The van der Waals surface area contributed by atoms with Gasteiger partial charge in [-0.15, -0.1) is 0 Å². The molecule has 65 valence electrons. The van der Waals surface area contributed by atoms with Gasteiger partial charge in [0.25, 0.3) is 0 Å². The van der Waals surface area contributed by atoms with Gasteiger partial charge in [-0.3, -0.25) is 4.57 Å². The van der Waals surface area contributed by atoms with Crippen molar-refractivity contribution in [1.29, 1.82) is 0 Å². The summed E-state index contributed by atoms with van der Waals surface area (Å²) in [6.07, 6.45) is 0. The molecule has 1 aromatic carbocycles. The van der Waals surface area contributed by atoms with Gasteiger partial charge in [0.2, 0.25) is 0 Å².